The Balaban J connectivity index is 5.95. The number of unbranched alkanes of at least 4 members (excludes halogenated alkanes) is 24. The topological polar surface area (TPSA) is 220 Å². The number of esters is 8. The van der Waals surface area contributed by atoms with Crippen molar-refractivity contribution in [2.75, 3.05) is 112 Å². The molecule has 0 radical (unpaired) electrons. The summed E-state index contributed by atoms with van der Waals surface area (Å²) in [5.74, 6) is -1.96. The molecular weight excluding hydrogens is 1340 g/mol. The lowest BCUT2D eigenvalue weighted by Crippen LogP contribution is -2.34. The van der Waals surface area contributed by atoms with Crippen molar-refractivity contribution >= 4 is 47.8 Å². The highest BCUT2D eigenvalue weighted by Gasteiger charge is 2.21. The number of carbonyl (C=O) groups excluding carboxylic acids is 8. The van der Waals surface area contributed by atoms with E-state index in [9.17, 15) is 38.4 Å². The summed E-state index contributed by atoms with van der Waals surface area (Å²) in [4.78, 5) is 111. The first-order valence-electron chi connectivity index (χ1n) is 43.9. The molecule has 4 atom stereocenters. The van der Waals surface area contributed by atoms with E-state index in [1.54, 1.807) is 0 Å². The maximum Gasteiger partial charge on any atom is 0.309 e. The van der Waals surface area contributed by atoms with Crippen LogP contribution in [0.25, 0.3) is 0 Å². The van der Waals surface area contributed by atoms with Crippen LogP contribution >= 0.6 is 0 Å². The Bertz CT molecular complexity index is 1830. The van der Waals surface area contributed by atoms with Crippen LogP contribution in [0.4, 0.5) is 0 Å². The second kappa shape index (κ2) is 76.0. The Kier molecular flexibility index (Phi) is 72.9. The molecule has 0 aromatic rings. The van der Waals surface area contributed by atoms with Crippen LogP contribution in [0.15, 0.2) is 0 Å². The number of rotatable bonds is 80. The van der Waals surface area contributed by atoms with Gasteiger partial charge in [0.2, 0.25) is 0 Å². The summed E-state index contributed by atoms with van der Waals surface area (Å²) in [6.07, 6.45) is 47.4. The number of hydrogen-bond acceptors (Lipinski definition) is 19. The standard InChI is InChI=1S/C87H163N3O16/c1-10-18-26-30-38-48-76(44-34-22-14-5)72-103-84(95)56-68-99-80(91)52-64-89(65-53-81(92)100-69-57-85(96)104-73-77(45-35-23-15-6)49-39-31-27-19-11-2)62-42-60-88(9)61-43-63-90(66-54-82(93)101-70-58-86(97)105-74-78(46-36-24-16-7)50-40-32-28-20-12-3)67-55-83(94)102-71-59-87(98)106-75-79(47-37-25-17-8)51-41-33-29-21-13-4/h76-79H,10-75H2,1-9H3. The lowest BCUT2D eigenvalue weighted by molar-refractivity contribution is -0.152. The van der Waals surface area contributed by atoms with Crippen LogP contribution in [0.5, 0.6) is 0 Å². The van der Waals surface area contributed by atoms with Crippen LogP contribution in [-0.2, 0) is 76.3 Å². The summed E-state index contributed by atoms with van der Waals surface area (Å²) in [7, 11) is 2.02. The van der Waals surface area contributed by atoms with Gasteiger partial charge in [0, 0.05) is 26.2 Å². The van der Waals surface area contributed by atoms with Gasteiger partial charge in [-0.25, -0.2) is 0 Å². The molecule has 0 aliphatic heterocycles. The smallest absolute Gasteiger partial charge is 0.309 e. The fraction of sp³-hybridized carbons (Fsp3) is 0.908. The zero-order valence-corrected chi connectivity index (χ0v) is 69.9. The van der Waals surface area contributed by atoms with Crippen LogP contribution in [0.3, 0.4) is 0 Å². The van der Waals surface area contributed by atoms with Crippen molar-refractivity contribution in [3.05, 3.63) is 0 Å². The summed E-state index contributed by atoms with van der Waals surface area (Å²) in [6, 6.07) is 0. The van der Waals surface area contributed by atoms with E-state index in [4.69, 9.17) is 37.9 Å². The highest BCUT2D eigenvalue weighted by atomic mass is 16.6. The Morgan fingerprint density at radius 1 is 0.208 bits per heavy atom. The molecule has 0 aliphatic rings. The lowest BCUT2D eigenvalue weighted by atomic mass is 9.95. The molecule has 0 spiro atoms. The first-order chi connectivity index (χ1) is 51.5. The Hall–Kier alpha value is -4.36. The van der Waals surface area contributed by atoms with Crippen LogP contribution in [0, 0.1) is 23.7 Å². The van der Waals surface area contributed by atoms with Crippen molar-refractivity contribution in [2.45, 2.75) is 376 Å². The predicted octanol–water partition coefficient (Wildman–Crippen LogP) is 20.0. The van der Waals surface area contributed by atoms with Gasteiger partial charge in [0.05, 0.1) is 77.8 Å². The van der Waals surface area contributed by atoms with Gasteiger partial charge in [-0.1, -0.05) is 261 Å². The number of hydrogen-bond donors (Lipinski definition) is 0. The Labute approximate surface area is 648 Å². The van der Waals surface area contributed by atoms with Crippen molar-refractivity contribution in [1.82, 2.24) is 14.7 Å². The fourth-order valence-electron chi connectivity index (χ4n) is 13.4. The molecule has 0 N–H and O–H groups in total. The van der Waals surface area contributed by atoms with Crippen LogP contribution < -0.4 is 0 Å². The minimum absolute atomic E-state index is 0.0218. The summed E-state index contributed by atoms with van der Waals surface area (Å²) >= 11 is 0. The van der Waals surface area contributed by atoms with E-state index >= 15 is 0 Å². The monoisotopic (exact) mass is 1510 g/mol. The predicted molar refractivity (Wildman–Crippen MR) is 428 cm³/mol. The molecule has 4 unspecified atom stereocenters. The number of carbonyl (C=O) groups is 8. The summed E-state index contributed by atoms with van der Waals surface area (Å²) in [6.45, 7) is 22.6. The SMILES string of the molecule is CCCCCCCC(CCCCC)COC(=O)CCOC(=O)CCN(CCCN(C)CCCN(CCC(=O)OCCC(=O)OCC(CCCCC)CCCCCCC)CCC(=O)OCCC(=O)OCC(CCCCC)CCCCCCC)CCC(=O)OCCC(=O)OCC(CCCCC)CCCCCCC. The van der Waals surface area contributed by atoms with Crippen molar-refractivity contribution < 1.29 is 76.3 Å². The van der Waals surface area contributed by atoms with Crippen molar-refractivity contribution in [3.63, 3.8) is 0 Å². The van der Waals surface area contributed by atoms with E-state index in [1.165, 1.54) is 103 Å². The minimum Gasteiger partial charge on any atom is -0.465 e. The van der Waals surface area contributed by atoms with E-state index in [-0.39, 0.29) is 102 Å². The third-order valence-electron chi connectivity index (χ3n) is 20.5. The molecule has 19 heteroatoms. The molecule has 0 aliphatic carbocycles. The molecule has 0 aromatic heterocycles. The highest BCUT2D eigenvalue weighted by Crippen LogP contribution is 2.24. The average molecular weight is 1510 g/mol. The van der Waals surface area contributed by atoms with E-state index < -0.39 is 23.9 Å². The molecule has 0 fully saturated rings. The van der Waals surface area contributed by atoms with Gasteiger partial charge in [0.25, 0.3) is 0 Å². The Morgan fingerprint density at radius 3 is 0.594 bits per heavy atom. The third-order valence-corrected chi connectivity index (χ3v) is 20.5. The Morgan fingerprint density at radius 2 is 0.387 bits per heavy atom. The quantitative estimate of drug-likeness (QED) is 0.0314. The fourth-order valence-corrected chi connectivity index (χ4v) is 13.4. The van der Waals surface area contributed by atoms with Crippen LogP contribution in [0.2, 0.25) is 0 Å². The van der Waals surface area contributed by atoms with E-state index in [1.807, 2.05) is 16.8 Å². The van der Waals surface area contributed by atoms with Gasteiger partial charge in [-0.2, -0.15) is 0 Å². The summed E-state index contributed by atoms with van der Waals surface area (Å²) in [5.41, 5.74) is 0. The van der Waals surface area contributed by atoms with Gasteiger partial charge in [0.1, 0.15) is 26.4 Å². The van der Waals surface area contributed by atoms with Gasteiger partial charge >= 0.3 is 47.8 Å². The maximum absolute atomic E-state index is 13.2. The third kappa shape index (κ3) is 67.7. The number of ether oxygens (including phenoxy) is 8. The lowest BCUT2D eigenvalue weighted by Gasteiger charge is -2.25. The summed E-state index contributed by atoms with van der Waals surface area (Å²) in [5, 5.41) is 0. The normalized spacial score (nSPS) is 12.6. The van der Waals surface area contributed by atoms with E-state index in [0.717, 1.165) is 154 Å². The highest BCUT2D eigenvalue weighted by molar-refractivity contribution is 5.74. The molecule has 106 heavy (non-hydrogen) atoms. The second-order valence-corrected chi connectivity index (χ2v) is 30.6. The zero-order chi connectivity index (χ0) is 78.0. The molecular formula is C87H163N3O16. The van der Waals surface area contributed by atoms with E-state index in [0.29, 0.717) is 115 Å². The maximum atomic E-state index is 13.2. The molecule has 0 aromatic carbocycles. The molecule has 0 saturated heterocycles. The minimum atomic E-state index is -0.448. The van der Waals surface area contributed by atoms with Crippen molar-refractivity contribution in [2.24, 2.45) is 23.7 Å². The van der Waals surface area contributed by atoms with Crippen LogP contribution in [-0.4, -0.2) is 175 Å². The zero-order valence-electron chi connectivity index (χ0n) is 69.9. The second-order valence-electron chi connectivity index (χ2n) is 30.6. The van der Waals surface area contributed by atoms with Gasteiger partial charge in [0.15, 0.2) is 0 Å². The van der Waals surface area contributed by atoms with Crippen molar-refractivity contribution in [1.29, 1.82) is 0 Å². The first-order valence-corrected chi connectivity index (χ1v) is 43.9. The molecule has 622 valence electrons. The summed E-state index contributed by atoms with van der Waals surface area (Å²) < 4.78 is 45.1. The molecule has 0 rings (SSSR count). The van der Waals surface area contributed by atoms with Crippen molar-refractivity contribution in [3.8, 4) is 0 Å². The van der Waals surface area contributed by atoms with Gasteiger partial charge in [-0.15, -0.1) is 0 Å². The molecule has 19 nitrogen and oxygen atoms in total. The van der Waals surface area contributed by atoms with Crippen LogP contribution in [0.1, 0.15) is 376 Å². The van der Waals surface area contributed by atoms with E-state index in [2.05, 4.69) is 60.3 Å². The molecule has 0 bridgehead atoms. The van der Waals surface area contributed by atoms with Gasteiger partial charge < -0.3 is 52.6 Å². The molecule has 0 saturated carbocycles. The van der Waals surface area contributed by atoms with Gasteiger partial charge in [-0.3, -0.25) is 38.4 Å². The van der Waals surface area contributed by atoms with Gasteiger partial charge in [-0.05, 0) is 121 Å². The molecule has 0 heterocycles. The largest absolute Gasteiger partial charge is 0.465 e. The number of nitrogens with zero attached hydrogens (tertiary/aromatic N) is 3. The molecule has 0 amide bonds. The average Bonchev–Trinajstić information content (AvgIpc) is 1.03. The first kappa shape index (κ1) is 102.